The predicted octanol–water partition coefficient (Wildman–Crippen LogP) is 3.07. The van der Waals surface area contributed by atoms with Crippen molar-refractivity contribution in [3.63, 3.8) is 0 Å². The Morgan fingerprint density at radius 3 is 2.79 bits per heavy atom. The fraction of sp³-hybridized carbons (Fsp3) is 0.286. The van der Waals surface area contributed by atoms with E-state index in [-0.39, 0.29) is 12.5 Å². The number of carbonyl (C=O) groups is 1. The molecule has 0 aliphatic carbocycles. The first-order valence-electron chi connectivity index (χ1n) is 9.35. The standard InChI is InChI=1S/C21H25N5O2/c1-3-9-22-21-24-11-14(2)19(26-21)16-10-17(23-12-16)20(28)25-18(13-27)15-7-5-4-6-8-15/h4-8,10-12,18,23,27H,3,9,13H2,1-2H3,(H,25,28)(H,22,24,26). The van der Waals surface area contributed by atoms with Gasteiger partial charge in [0, 0.05) is 24.5 Å². The van der Waals surface area contributed by atoms with Gasteiger partial charge in [-0.2, -0.15) is 0 Å². The van der Waals surface area contributed by atoms with Crippen molar-refractivity contribution < 1.29 is 9.90 Å². The van der Waals surface area contributed by atoms with Gasteiger partial charge in [0.15, 0.2) is 0 Å². The van der Waals surface area contributed by atoms with Crippen molar-refractivity contribution in [2.45, 2.75) is 26.3 Å². The summed E-state index contributed by atoms with van der Waals surface area (Å²) in [6.07, 6.45) is 4.50. The van der Waals surface area contributed by atoms with E-state index in [0.717, 1.165) is 35.3 Å². The lowest BCUT2D eigenvalue weighted by atomic mass is 10.1. The number of benzene rings is 1. The van der Waals surface area contributed by atoms with Crippen LogP contribution in [0.25, 0.3) is 11.3 Å². The highest BCUT2D eigenvalue weighted by molar-refractivity contribution is 5.94. The summed E-state index contributed by atoms with van der Waals surface area (Å²) in [6, 6.07) is 10.7. The van der Waals surface area contributed by atoms with E-state index < -0.39 is 6.04 Å². The van der Waals surface area contributed by atoms with Crippen LogP contribution in [0.4, 0.5) is 5.95 Å². The summed E-state index contributed by atoms with van der Waals surface area (Å²) in [5.41, 5.74) is 3.76. The van der Waals surface area contributed by atoms with Crippen LogP contribution in [-0.2, 0) is 0 Å². The van der Waals surface area contributed by atoms with E-state index in [1.807, 2.05) is 37.3 Å². The van der Waals surface area contributed by atoms with Crippen molar-refractivity contribution in [1.29, 1.82) is 0 Å². The zero-order chi connectivity index (χ0) is 19.9. The highest BCUT2D eigenvalue weighted by Gasteiger charge is 2.17. The third kappa shape index (κ3) is 4.55. The Morgan fingerprint density at radius 1 is 1.29 bits per heavy atom. The summed E-state index contributed by atoms with van der Waals surface area (Å²) in [7, 11) is 0. The largest absolute Gasteiger partial charge is 0.394 e. The Bertz CT molecular complexity index is 924. The molecule has 2 heterocycles. The number of anilines is 1. The van der Waals surface area contributed by atoms with E-state index in [1.54, 1.807) is 18.5 Å². The van der Waals surface area contributed by atoms with Gasteiger partial charge in [0.2, 0.25) is 5.95 Å². The number of hydrogen-bond acceptors (Lipinski definition) is 5. The molecular formula is C21H25N5O2. The van der Waals surface area contributed by atoms with Crippen LogP contribution in [0.15, 0.2) is 48.8 Å². The average Bonchev–Trinajstić information content (AvgIpc) is 3.22. The van der Waals surface area contributed by atoms with Gasteiger partial charge in [-0.1, -0.05) is 37.3 Å². The van der Waals surface area contributed by atoms with Gasteiger partial charge < -0.3 is 20.7 Å². The molecule has 0 bridgehead atoms. The molecule has 1 atom stereocenters. The molecule has 7 nitrogen and oxygen atoms in total. The Balaban J connectivity index is 1.77. The maximum Gasteiger partial charge on any atom is 0.268 e. The second-order valence-corrected chi connectivity index (χ2v) is 6.57. The van der Waals surface area contributed by atoms with Gasteiger partial charge in [-0.05, 0) is 30.5 Å². The minimum Gasteiger partial charge on any atom is -0.394 e. The number of aromatic nitrogens is 3. The first-order chi connectivity index (χ1) is 13.6. The van der Waals surface area contributed by atoms with Crippen LogP contribution in [0.5, 0.6) is 0 Å². The van der Waals surface area contributed by atoms with Gasteiger partial charge in [-0.3, -0.25) is 4.79 Å². The molecule has 1 unspecified atom stereocenters. The van der Waals surface area contributed by atoms with Crippen LogP contribution in [0.1, 0.15) is 41.0 Å². The summed E-state index contributed by atoms with van der Waals surface area (Å²) in [5.74, 6) is 0.282. The van der Waals surface area contributed by atoms with Crippen molar-refractivity contribution in [1.82, 2.24) is 20.3 Å². The summed E-state index contributed by atoms with van der Waals surface area (Å²) in [5, 5.41) is 15.7. The molecule has 146 valence electrons. The maximum absolute atomic E-state index is 12.6. The van der Waals surface area contributed by atoms with Crippen LogP contribution in [0, 0.1) is 6.92 Å². The first kappa shape index (κ1) is 19.6. The van der Waals surface area contributed by atoms with Crippen molar-refractivity contribution >= 4 is 11.9 Å². The number of rotatable bonds is 8. The molecule has 1 aromatic carbocycles. The van der Waals surface area contributed by atoms with Crippen molar-refractivity contribution in [3.05, 3.63) is 65.6 Å². The van der Waals surface area contributed by atoms with Crippen LogP contribution in [0.3, 0.4) is 0 Å². The van der Waals surface area contributed by atoms with Gasteiger partial charge >= 0.3 is 0 Å². The Morgan fingerprint density at radius 2 is 2.07 bits per heavy atom. The molecule has 0 spiro atoms. The van der Waals surface area contributed by atoms with E-state index in [2.05, 4.69) is 32.5 Å². The second-order valence-electron chi connectivity index (χ2n) is 6.57. The van der Waals surface area contributed by atoms with Crippen molar-refractivity contribution in [2.75, 3.05) is 18.5 Å². The summed E-state index contributed by atoms with van der Waals surface area (Å²) in [4.78, 5) is 24.5. The van der Waals surface area contributed by atoms with Gasteiger partial charge in [-0.15, -0.1) is 0 Å². The summed E-state index contributed by atoms with van der Waals surface area (Å²) >= 11 is 0. The number of aromatic amines is 1. The number of nitrogens with zero attached hydrogens (tertiary/aromatic N) is 2. The van der Waals surface area contributed by atoms with Gasteiger partial charge in [0.1, 0.15) is 5.69 Å². The highest BCUT2D eigenvalue weighted by atomic mass is 16.3. The first-order valence-corrected chi connectivity index (χ1v) is 9.35. The minimum absolute atomic E-state index is 0.180. The van der Waals surface area contributed by atoms with Gasteiger partial charge in [0.05, 0.1) is 18.3 Å². The molecular weight excluding hydrogens is 354 g/mol. The molecule has 1 amide bonds. The van der Waals surface area contributed by atoms with E-state index in [0.29, 0.717) is 11.6 Å². The molecule has 3 aromatic rings. The fourth-order valence-electron chi connectivity index (χ4n) is 2.87. The Labute approximate surface area is 164 Å². The summed E-state index contributed by atoms with van der Waals surface area (Å²) < 4.78 is 0. The lowest BCUT2D eigenvalue weighted by molar-refractivity contribution is 0.0912. The maximum atomic E-state index is 12.6. The molecule has 4 N–H and O–H groups in total. The van der Waals surface area contributed by atoms with Crippen molar-refractivity contribution in [3.8, 4) is 11.3 Å². The van der Waals surface area contributed by atoms with Crippen molar-refractivity contribution in [2.24, 2.45) is 0 Å². The third-order valence-corrected chi connectivity index (χ3v) is 4.40. The SMILES string of the molecule is CCCNc1ncc(C)c(-c2c[nH]c(C(=O)NC(CO)c3ccccc3)c2)n1. The van der Waals surface area contributed by atoms with Crippen LogP contribution in [-0.4, -0.2) is 39.1 Å². The fourth-order valence-corrected chi connectivity index (χ4v) is 2.87. The van der Waals surface area contributed by atoms with E-state index >= 15 is 0 Å². The summed E-state index contributed by atoms with van der Waals surface area (Å²) in [6.45, 7) is 4.63. The minimum atomic E-state index is -0.467. The molecule has 0 fully saturated rings. The molecule has 3 rings (SSSR count). The van der Waals surface area contributed by atoms with Crippen LogP contribution >= 0.6 is 0 Å². The molecule has 0 radical (unpaired) electrons. The number of hydrogen-bond donors (Lipinski definition) is 4. The molecule has 7 heteroatoms. The van der Waals surface area contributed by atoms with Crippen LogP contribution < -0.4 is 10.6 Å². The molecule has 0 aliphatic heterocycles. The number of H-pyrrole nitrogens is 1. The number of carbonyl (C=O) groups excluding carboxylic acids is 1. The number of nitrogens with one attached hydrogen (secondary N) is 3. The predicted molar refractivity (Wildman–Crippen MR) is 109 cm³/mol. The normalized spacial score (nSPS) is 11.8. The molecule has 2 aromatic heterocycles. The average molecular weight is 379 g/mol. The second kappa shape index (κ2) is 9.14. The number of aryl methyl sites for hydroxylation is 1. The zero-order valence-electron chi connectivity index (χ0n) is 16.1. The third-order valence-electron chi connectivity index (χ3n) is 4.40. The lowest BCUT2D eigenvalue weighted by Gasteiger charge is -2.16. The van der Waals surface area contributed by atoms with E-state index in [4.69, 9.17) is 0 Å². The molecule has 0 saturated heterocycles. The Kier molecular flexibility index (Phi) is 6.39. The van der Waals surface area contributed by atoms with E-state index in [1.165, 1.54) is 0 Å². The Hall–Kier alpha value is -3.19. The lowest BCUT2D eigenvalue weighted by Crippen LogP contribution is -2.30. The molecule has 0 saturated carbocycles. The number of amides is 1. The monoisotopic (exact) mass is 379 g/mol. The molecule has 0 aliphatic rings. The topological polar surface area (TPSA) is 103 Å². The number of aliphatic hydroxyl groups is 1. The zero-order valence-corrected chi connectivity index (χ0v) is 16.1. The smallest absolute Gasteiger partial charge is 0.268 e. The van der Waals surface area contributed by atoms with Crippen LogP contribution in [0.2, 0.25) is 0 Å². The quantitative estimate of drug-likeness (QED) is 0.482. The van der Waals surface area contributed by atoms with E-state index in [9.17, 15) is 9.90 Å². The highest BCUT2D eigenvalue weighted by Crippen LogP contribution is 2.23. The number of aliphatic hydroxyl groups excluding tert-OH is 1. The van der Waals surface area contributed by atoms with Gasteiger partial charge in [-0.25, -0.2) is 9.97 Å². The van der Waals surface area contributed by atoms with Gasteiger partial charge in [0.25, 0.3) is 5.91 Å². The molecule has 28 heavy (non-hydrogen) atoms.